The summed E-state index contributed by atoms with van der Waals surface area (Å²) in [6.45, 7) is 0. The highest BCUT2D eigenvalue weighted by Crippen LogP contribution is 2.31. The summed E-state index contributed by atoms with van der Waals surface area (Å²) in [4.78, 5) is 12.7. The van der Waals surface area contributed by atoms with E-state index in [1.807, 2.05) is 54.6 Å². The molecule has 0 saturated heterocycles. The first-order valence-electron chi connectivity index (χ1n) is 10.9. The number of sulfone groups is 1. The van der Waals surface area contributed by atoms with Crippen LogP contribution in [0, 0.1) is 0 Å². The molecule has 0 atom stereocenters. The van der Waals surface area contributed by atoms with E-state index < -0.39 is 9.84 Å². The number of ether oxygens (including phenoxy) is 1. The maximum atomic E-state index is 11.7. The van der Waals surface area contributed by atoms with E-state index in [0.717, 1.165) is 44.9 Å². The molecule has 2 aromatic carbocycles. The van der Waals surface area contributed by atoms with Crippen LogP contribution in [0.1, 0.15) is 5.56 Å². The molecule has 0 bridgehead atoms. The largest absolute Gasteiger partial charge is 0.457 e. The third-order valence-corrected chi connectivity index (χ3v) is 6.18. The zero-order chi connectivity index (χ0) is 24.3. The molecule has 0 aliphatic carbocycles. The molecule has 0 amide bonds. The van der Waals surface area contributed by atoms with Gasteiger partial charge in [-0.1, -0.05) is 6.07 Å². The Morgan fingerprint density at radius 1 is 0.800 bits per heavy atom. The summed E-state index contributed by atoms with van der Waals surface area (Å²) in [5.74, 6) is 1.41. The fourth-order valence-corrected chi connectivity index (χ4v) is 4.53. The fraction of sp³-hybridized carbons (Fsp3) is 0.0741. The molecule has 0 aliphatic heterocycles. The lowest BCUT2D eigenvalue weighted by molar-refractivity contribution is 0.482. The van der Waals surface area contributed by atoms with Crippen molar-refractivity contribution < 1.29 is 13.2 Å². The molecule has 5 aromatic rings. The van der Waals surface area contributed by atoms with Gasteiger partial charge in [0, 0.05) is 59.6 Å². The van der Waals surface area contributed by atoms with Gasteiger partial charge in [0.05, 0.1) is 11.3 Å². The first-order valence-corrected chi connectivity index (χ1v) is 12.9. The number of anilines is 2. The van der Waals surface area contributed by atoms with Gasteiger partial charge < -0.3 is 10.1 Å². The third-order valence-electron chi connectivity index (χ3n) is 5.32. The van der Waals surface area contributed by atoms with Crippen LogP contribution in [0.2, 0.25) is 0 Å². The summed E-state index contributed by atoms with van der Waals surface area (Å²) in [7, 11) is -3.14. The van der Waals surface area contributed by atoms with E-state index in [4.69, 9.17) is 4.74 Å². The summed E-state index contributed by atoms with van der Waals surface area (Å²) in [5, 5.41) is 4.40. The highest BCUT2D eigenvalue weighted by Gasteiger charge is 2.09. The Morgan fingerprint density at radius 3 is 2.34 bits per heavy atom. The van der Waals surface area contributed by atoms with Gasteiger partial charge in [0.25, 0.3) is 0 Å². The molecule has 0 saturated carbocycles. The number of hydrogen-bond donors (Lipinski definition) is 1. The standard InChI is InChI=1S/C27H22N4O3S/c1-35(32,33)18-19-14-21(17-29-16-19)20-2-7-26-25(15-20)27(10-13-30-26)31-22-3-5-23(6-4-22)34-24-8-11-28-12-9-24/h2-17H,18H2,1H3,(H,30,31). The predicted molar refractivity (Wildman–Crippen MR) is 138 cm³/mol. The zero-order valence-electron chi connectivity index (χ0n) is 18.9. The molecule has 174 valence electrons. The lowest BCUT2D eigenvalue weighted by Gasteiger charge is -2.12. The maximum absolute atomic E-state index is 11.7. The van der Waals surface area contributed by atoms with Crippen LogP contribution in [0.15, 0.2) is 97.7 Å². The van der Waals surface area contributed by atoms with Crippen molar-refractivity contribution in [2.24, 2.45) is 0 Å². The van der Waals surface area contributed by atoms with E-state index in [9.17, 15) is 8.42 Å². The molecule has 3 heterocycles. The minimum absolute atomic E-state index is 0.0450. The number of aromatic nitrogens is 3. The Kier molecular flexibility index (Phi) is 6.12. The summed E-state index contributed by atoms with van der Waals surface area (Å²) >= 11 is 0. The quantitative estimate of drug-likeness (QED) is 0.315. The number of rotatable bonds is 7. The van der Waals surface area contributed by atoms with Crippen molar-refractivity contribution in [3.63, 3.8) is 0 Å². The molecule has 0 unspecified atom stereocenters. The Hall–Kier alpha value is -4.30. The number of nitrogens with one attached hydrogen (secondary N) is 1. The van der Waals surface area contributed by atoms with Gasteiger partial charge in [-0.3, -0.25) is 15.0 Å². The van der Waals surface area contributed by atoms with Gasteiger partial charge >= 0.3 is 0 Å². The van der Waals surface area contributed by atoms with Crippen LogP contribution in [-0.2, 0) is 15.6 Å². The van der Waals surface area contributed by atoms with Crippen molar-refractivity contribution >= 4 is 32.1 Å². The summed E-state index contributed by atoms with van der Waals surface area (Å²) in [6.07, 6.45) is 9.68. The van der Waals surface area contributed by atoms with E-state index >= 15 is 0 Å². The molecule has 0 radical (unpaired) electrons. The Labute approximate surface area is 203 Å². The van der Waals surface area contributed by atoms with Gasteiger partial charge in [0.15, 0.2) is 9.84 Å². The second-order valence-electron chi connectivity index (χ2n) is 8.18. The second kappa shape index (κ2) is 9.52. The van der Waals surface area contributed by atoms with E-state index in [0.29, 0.717) is 5.56 Å². The number of hydrogen-bond acceptors (Lipinski definition) is 7. The maximum Gasteiger partial charge on any atom is 0.151 e. The summed E-state index contributed by atoms with van der Waals surface area (Å²) < 4.78 is 29.2. The number of fused-ring (bicyclic) bond motifs is 1. The molecule has 0 aliphatic rings. The molecule has 5 rings (SSSR count). The lowest BCUT2D eigenvalue weighted by atomic mass is 10.0. The topological polar surface area (TPSA) is 94.1 Å². The van der Waals surface area contributed by atoms with Crippen LogP contribution in [0.25, 0.3) is 22.0 Å². The highest BCUT2D eigenvalue weighted by molar-refractivity contribution is 7.89. The molecule has 0 spiro atoms. The van der Waals surface area contributed by atoms with E-state index in [1.165, 1.54) is 6.26 Å². The van der Waals surface area contributed by atoms with Crippen LogP contribution >= 0.6 is 0 Å². The SMILES string of the molecule is CS(=O)(=O)Cc1cncc(-c2ccc3nccc(Nc4ccc(Oc5ccncc5)cc4)c3c2)c1. The Bertz CT molecular complexity index is 1590. The molecular weight excluding hydrogens is 460 g/mol. The lowest BCUT2D eigenvalue weighted by Crippen LogP contribution is -2.01. The van der Waals surface area contributed by atoms with Crippen LogP contribution in [0.4, 0.5) is 11.4 Å². The summed E-state index contributed by atoms with van der Waals surface area (Å²) in [5.41, 5.74) is 5.08. The molecule has 3 aromatic heterocycles. The van der Waals surface area contributed by atoms with Crippen LogP contribution in [0.5, 0.6) is 11.5 Å². The molecule has 7 nitrogen and oxygen atoms in total. The van der Waals surface area contributed by atoms with E-state index in [1.54, 1.807) is 43.1 Å². The van der Waals surface area contributed by atoms with Crippen LogP contribution < -0.4 is 10.1 Å². The number of nitrogens with zero attached hydrogens (tertiary/aromatic N) is 3. The third kappa shape index (κ3) is 5.62. The number of benzene rings is 2. The van der Waals surface area contributed by atoms with Crippen molar-refractivity contribution in [2.75, 3.05) is 11.6 Å². The van der Waals surface area contributed by atoms with E-state index in [-0.39, 0.29) is 5.75 Å². The van der Waals surface area contributed by atoms with Crippen molar-refractivity contribution in [3.05, 3.63) is 103 Å². The van der Waals surface area contributed by atoms with Gasteiger partial charge in [0.1, 0.15) is 11.5 Å². The Balaban J connectivity index is 1.41. The minimum Gasteiger partial charge on any atom is -0.457 e. The predicted octanol–water partition coefficient (Wildman–Crippen LogP) is 5.77. The normalized spacial score (nSPS) is 11.3. The molecule has 1 N–H and O–H groups in total. The van der Waals surface area contributed by atoms with Gasteiger partial charge in [0.2, 0.25) is 0 Å². The van der Waals surface area contributed by atoms with Gasteiger partial charge in [-0.25, -0.2) is 8.42 Å². The zero-order valence-corrected chi connectivity index (χ0v) is 19.7. The molecule has 8 heteroatoms. The average molecular weight is 483 g/mol. The van der Waals surface area contributed by atoms with Crippen LogP contribution in [-0.4, -0.2) is 29.6 Å². The monoisotopic (exact) mass is 482 g/mol. The highest BCUT2D eigenvalue weighted by atomic mass is 32.2. The van der Waals surface area contributed by atoms with Crippen molar-refractivity contribution in [3.8, 4) is 22.6 Å². The second-order valence-corrected chi connectivity index (χ2v) is 10.3. The molecule has 35 heavy (non-hydrogen) atoms. The van der Waals surface area contributed by atoms with Crippen LogP contribution in [0.3, 0.4) is 0 Å². The summed E-state index contributed by atoms with van der Waals surface area (Å²) in [6, 6.07) is 21.0. The van der Waals surface area contributed by atoms with Crippen molar-refractivity contribution in [2.45, 2.75) is 5.75 Å². The number of pyridine rings is 3. The smallest absolute Gasteiger partial charge is 0.151 e. The van der Waals surface area contributed by atoms with Crippen molar-refractivity contribution in [1.29, 1.82) is 0 Å². The molecular formula is C27H22N4O3S. The fourth-order valence-electron chi connectivity index (χ4n) is 3.77. The van der Waals surface area contributed by atoms with Gasteiger partial charge in [-0.15, -0.1) is 0 Å². The molecule has 0 fully saturated rings. The first kappa shape index (κ1) is 22.5. The average Bonchev–Trinajstić information content (AvgIpc) is 2.85. The minimum atomic E-state index is -3.14. The van der Waals surface area contributed by atoms with Crippen molar-refractivity contribution in [1.82, 2.24) is 15.0 Å². The van der Waals surface area contributed by atoms with Gasteiger partial charge in [-0.2, -0.15) is 0 Å². The van der Waals surface area contributed by atoms with E-state index in [2.05, 4.69) is 20.3 Å². The first-order chi connectivity index (χ1) is 16.9. The Morgan fingerprint density at radius 2 is 1.57 bits per heavy atom. The van der Waals surface area contributed by atoms with Gasteiger partial charge in [-0.05, 0) is 71.8 Å².